The van der Waals surface area contributed by atoms with Gasteiger partial charge in [-0.05, 0) is 18.2 Å². The molecule has 0 saturated carbocycles. The first kappa shape index (κ1) is 14.0. The molecule has 4 amide bonds. The Labute approximate surface area is 111 Å². The molecule has 1 aromatic rings. The van der Waals surface area contributed by atoms with Gasteiger partial charge in [0.1, 0.15) is 6.42 Å². The summed E-state index contributed by atoms with van der Waals surface area (Å²) in [5, 5.41) is 0. The highest BCUT2D eigenvalue weighted by atomic mass is 19.4. The van der Waals surface area contributed by atoms with Crippen molar-refractivity contribution in [1.29, 1.82) is 0 Å². The van der Waals surface area contributed by atoms with Gasteiger partial charge in [-0.2, -0.15) is 13.2 Å². The van der Waals surface area contributed by atoms with Crippen LogP contribution >= 0.6 is 0 Å². The summed E-state index contributed by atoms with van der Waals surface area (Å²) in [5.74, 6) is -1.54. The molecule has 0 unspecified atom stereocenters. The highest BCUT2D eigenvalue weighted by molar-refractivity contribution is 6.26. The second kappa shape index (κ2) is 4.62. The Bertz CT molecular complexity index is 598. The van der Waals surface area contributed by atoms with E-state index in [-0.39, 0.29) is 5.69 Å². The maximum Gasteiger partial charge on any atom is 0.416 e. The quantitative estimate of drug-likeness (QED) is 0.742. The van der Waals surface area contributed by atoms with E-state index in [1.807, 2.05) is 0 Å². The number of amides is 4. The normalized spacial score (nSPS) is 16.9. The van der Waals surface area contributed by atoms with E-state index in [2.05, 4.69) is 0 Å². The topological polar surface area (TPSA) is 57.7 Å². The van der Waals surface area contributed by atoms with E-state index in [4.69, 9.17) is 0 Å². The largest absolute Gasteiger partial charge is 0.416 e. The number of benzene rings is 1. The molecule has 1 heterocycles. The molecule has 0 aromatic heterocycles. The van der Waals surface area contributed by atoms with Gasteiger partial charge in [-0.15, -0.1) is 0 Å². The fourth-order valence-corrected chi connectivity index (χ4v) is 1.77. The second-order valence-electron chi connectivity index (χ2n) is 4.19. The first-order chi connectivity index (χ1) is 9.21. The van der Waals surface area contributed by atoms with E-state index in [1.165, 1.54) is 6.07 Å². The highest BCUT2D eigenvalue weighted by Gasteiger charge is 2.38. The molecule has 0 atom stereocenters. The molecule has 2 rings (SSSR count). The fourth-order valence-electron chi connectivity index (χ4n) is 1.77. The van der Waals surface area contributed by atoms with Gasteiger partial charge in [0.25, 0.3) is 0 Å². The molecule has 0 radical (unpaired) electrons. The molecule has 0 spiro atoms. The molecule has 8 heteroatoms. The minimum absolute atomic E-state index is 0.214. The van der Waals surface area contributed by atoms with E-state index in [0.29, 0.717) is 15.9 Å². The fraction of sp³-hybridized carbons (Fsp3) is 0.250. The Kier molecular flexibility index (Phi) is 3.24. The molecule has 0 bridgehead atoms. The average Bonchev–Trinajstić information content (AvgIpc) is 2.35. The van der Waals surface area contributed by atoms with Crippen LogP contribution in [-0.4, -0.2) is 29.8 Å². The molecule has 0 N–H and O–H groups in total. The van der Waals surface area contributed by atoms with E-state index >= 15 is 0 Å². The van der Waals surface area contributed by atoms with Crippen molar-refractivity contribution in [3.05, 3.63) is 29.8 Å². The smallest absolute Gasteiger partial charge is 0.274 e. The van der Waals surface area contributed by atoms with Gasteiger partial charge in [-0.1, -0.05) is 6.07 Å². The van der Waals surface area contributed by atoms with Crippen LogP contribution < -0.4 is 4.90 Å². The van der Waals surface area contributed by atoms with Gasteiger partial charge in [0.2, 0.25) is 11.8 Å². The summed E-state index contributed by atoms with van der Waals surface area (Å²) < 4.78 is 37.8. The number of anilines is 1. The lowest BCUT2D eigenvalue weighted by atomic mass is 10.1. The predicted molar refractivity (Wildman–Crippen MR) is 61.7 cm³/mol. The third-order valence-electron chi connectivity index (χ3n) is 2.84. The zero-order valence-corrected chi connectivity index (χ0v) is 10.3. The van der Waals surface area contributed by atoms with E-state index < -0.39 is 36.0 Å². The van der Waals surface area contributed by atoms with Crippen LogP contribution in [0, 0.1) is 0 Å². The second-order valence-corrected chi connectivity index (χ2v) is 4.19. The molecular weight excluding hydrogens is 277 g/mol. The van der Waals surface area contributed by atoms with Gasteiger partial charge in [-0.25, -0.2) is 9.69 Å². The van der Waals surface area contributed by atoms with Gasteiger partial charge >= 0.3 is 12.2 Å². The molecule has 0 aliphatic carbocycles. The van der Waals surface area contributed by atoms with Crippen molar-refractivity contribution in [3.8, 4) is 0 Å². The summed E-state index contributed by atoms with van der Waals surface area (Å²) in [6.07, 6.45) is -5.14. The molecule has 1 fully saturated rings. The molecule has 1 saturated heterocycles. The first-order valence-electron chi connectivity index (χ1n) is 5.52. The monoisotopic (exact) mass is 286 g/mol. The molecule has 1 aliphatic heterocycles. The van der Waals surface area contributed by atoms with Crippen LogP contribution in [0.2, 0.25) is 0 Å². The van der Waals surface area contributed by atoms with Crippen molar-refractivity contribution in [2.45, 2.75) is 12.6 Å². The minimum atomic E-state index is -4.58. The van der Waals surface area contributed by atoms with Crippen LogP contribution in [0.1, 0.15) is 12.0 Å². The number of alkyl halides is 3. The number of nitrogens with zero attached hydrogens (tertiary/aromatic N) is 2. The van der Waals surface area contributed by atoms with Crippen LogP contribution in [-0.2, 0) is 15.8 Å². The van der Waals surface area contributed by atoms with Crippen LogP contribution in [0.4, 0.5) is 23.7 Å². The average molecular weight is 286 g/mol. The van der Waals surface area contributed by atoms with Crippen LogP contribution in [0.25, 0.3) is 0 Å². The summed E-state index contributed by atoms with van der Waals surface area (Å²) in [6, 6.07) is 2.85. The van der Waals surface area contributed by atoms with E-state index in [9.17, 15) is 27.6 Å². The summed E-state index contributed by atoms with van der Waals surface area (Å²) in [6.45, 7) is 0. The molecular formula is C12H9F3N2O3. The van der Waals surface area contributed by atoms with Crippen LogP contribution in [0.3, 0.4) is 0 Å². The third-order valence-corrected chi connectivity index (χ3v) is 2.84. The van der Waals surface area contributed by atoms with Crippen molar-refractivity contribution in [2.75, 3.05) is 11.9 Å². The Morgan fingerprint density at radius 1 is 1.10 bits per heavy atom. The van der Waals surface area contributed by atoms with Gasteiger partial charge in [-0.3, -0.25) is 14.5 Å². The lowest BCUT2D eigenvalue weighted by molar-refractivity contribution is -0.138. The number of carbonyl (C=O) groups is 3. The predicted octanol–water partition coefficient (Wildman–Crippen LogP) is 2.02. The first-order valence-corrected chi connectivity index (χ1v) is 5.52. The van der Waals surface area contributed by atoms with Crippen molar-refractivity contribution >= 4 is 23.5 Å². The number of hydrogen-bond acceptors (Lipinski definition) is 3. The van der Waals surface area contributed by atoms with Crippen molar-refractivity contribution in [2.24, 2.45) is 0 Å². The summed E-state index contributed by atoms with van der Waals surface area (Å²) in [7, 11) is 1.16. The number of rotatable bonds is 1. The van der Waals surface area contributed by atoms with Crippen molar-refractivity contribution in [1.82, 2.24) is 4.90 Å². The number of barbiturate groups is 1. The van der Waals surface area contributed by atoms with Crippen molar-refractivity contribution in [3.63, 3.8) is 0 Å². The SMILES string of the molecule is CN1C(=O)CC(=O)N(c2cccc(C(F)(F)F)c2)C1=O. The number of carbonyl (C=O) groups excluding carboxylic acids is 3. The molecule has 20 heavy (non-hydrogen) atoms. The summed E-state index contributed by atoms with van der Waals surface area (Å²) in [4.78, 5) is 36.1. The van der Waals surface area contributed by atoms with Gasteiger partial charge < -0.3 is 0 Å². The summed E-state index contributed by atoms with van der Waals surface area (Å²) in [5.41, 5.74) is -1.19. The number of urea groups is 1. The van der Waals surface area contributed by atoms with E-state index in [1.54, 1.807) is 0 Å². The number of imide groups is 2. The molecule has 1 aliphatic rings. The lowest BCUT2D eigenvalue weighted by Gasteiger charge is -2.30. The maximum absolute atomic E-state index is 12.6. The maximum atomic E-state index is 12.6. The van der Waals surface area contributed by atoms with Crippen LogP contribution in [0.5, 0.6) is 0 Å². The van der Waals surface area contributed by atoms with Gasteiger partial charge in [0, 0.05) is 7.05 Å². The Balaban J connectivity index is 2.43. The molecule has 1 aromatic carbocycles. The zero-order chi connectivity index (χ0) is 15.1. The standard InChI is InChI=1S/C12H9F3N2O3/c1-16-9(18)6-10(19)17(11(16)20)8-4-2-3-7(5-8)12(13,14)15/h2-5H,6H2,1H3. The Morgan fingerprint density at radius 2 is 1.75 bits per heavy atom. The zero-order valence-electron chi connectivity index (χ0n) is 10.3. The lowest BCUT2D eigenvalue weighted by Crippen LogP contribution is -2.53. The van der Waals surface area contributed by atoms with Gasteiger partial charge in [0.15, 0.2) is 0 Å². The number of halogens is 3. The van der Waals surface area contributed by atoms with Gasteiger partial charge in [0.05, 0.1) is 11.3 Å². The third kappa shape index (κ3) is 2.36. The highest BCUT2D eigenvalue weighted by Crippen LogP contribution is 2.32. The Morgan fingerprint density at radius 3 is 2.35 bits per heavy atom. The Hall–Kier alpha value is -2.38. The summed E-state index contributed by atoms with van der Waals surface area (Å²) >= 11 is 0. The van der Waals surface area contributed by atoms with E-state index in [0.717, 1.165) is 19.2 Å². The molecule has 5 nitrogen and oxygen atoms in total. The number of hydrogen-bond donors (Lipinski definition) is 0. The minimum Gasteiger partial charge on any atom is -0.274 e. The van der Waals surface area contributed by atoms with Crippen LogP contribution in [0.15, 0.2) is 24.3 Å². The van der Waals surface area contributed by atoms with Crippen molar-refractivity contribution < 1.29 is 27.6 Å². The molecule has 106 valence electrons.